The highest BCUT2D eigenvalue weighted by molar-refractivity contribution is 7.88. The van der Waals surface area contributed by atoms with Gasteiger partial charge < -0.3 is 10.1 Å². The molecule has 0 atom stereocenters. The van der Waals surface area contributed by atoms with Gasteiger partial charge in [0.1, 0.15) is 6.61 Å². The Morgan fingerprint density at radius 3 is 2.15 bits per heavy atom. The maximum Gasteiger partial charge on any atom is 0.448 e. The average Bonchev–Trinajstić information content (AvgIpc) is 2.77. The van der Waals surface area contributed by atoms with Gasteiger partial charge in [0.05, 0.1) is 17.7 Å². The minimum atomic E-state index is -6.15. The van der Waals surface area contributed by atoms with Crippen molar-refractivity contribution in [2.45, 2.75) is 12.2 Å². The zero-order chi connectivity index (χ0) is 24.6. The second kappa shape index (κ2) is 8.67. The van der Waals surface area contributed by atoms with Gasteiger partial charge >= 0.3 is 27.2 Å². The van der Waals surface area contributed by atoms with E-state index < -0.39 is 52.2 Å². The number of benzene rings is 2. The molecule has 174 valence electrons. The van der Waals surface area contributed by atoms with E-state index in [9.17, 15) is 36.4 Å². The quantitative estimate of drug-likeness (QED) is 0.259. The zero-order valence-electron chi connectivity index (χ0n) is 17.0. The Bertz CT molecular complexity index is 1260. The lowest BCUT2D eigenvalue weighted by Crippen LogP contribution is -2.51. The lowest BCUT2D eigenvalue weighted by atomic mass is 9.95. The van der Waals surface area contributed by atoms with Crippen LogP contribution in [0.15, 0.2) is 48.6 Å². The van der Waals surface area contributed by atoms with Gasteiger partial charge in [0.15, 0.2) is 0 Å². The Kier molecular flexibility index (Phi) is 6.29. The van der Waals surface area contributed by atoms with E-state index in [0.29, 0.717) is 5.39 Å². The zero-order valence-corrected chi connectivity index (χ0v) is 17.8. The van der Waals surface area contributed by atoms with E-state index in [1.54, 1.807) is 17.4 Å². The molecule has 1 N–H and O–H groups in total. The molecule has 2 aromatic rings. The third-order valence-electron chi connectivity index (χ3n) is 4.45. The molecule has 13 heteroatoms. The Morgan fingerprint density at radius 1 is 1.09 bits per heavy atom. The fourth-order valence-corrected chi connectivity index (χ4v) is 3.59. The molecule has 0 unspecified atom stereocenters. The molecule has 10 nitrogen and oxygen atoms in total. The molecule has 0 aliphatic carbocycles. The summed E-state index contributed by atoms with van der Waals surface area (Å²) in [4.78, 5) is 48.3. The largest absolute Gasteiger partial charge is 0.460 e. The molecule has 1 aliphatic rings. The molecule has 0 aromatic heterocycles. The smallest absolute Gasteiger partial charge is 0.448 e. The van der Waals surface area contributed by atoms with Crippen molar-refractivity contribution >= 4 is 44.6 Å². The van der Waals surface area contributed by atoms with E-state index >= 15 is 0 Å². The molecule has 1 aliphatic heterocycles. The topological polar surface area (TPSA) is 136 Å². The maximum atomic E-state index is 14.3. The van der Waals surface area contributed by atoms with Crippen molar-refractivity contribution in [2.24, 2.45) is 0 Å². The number of imide groups is 1. The number of halogens is 2. The van der Waals surface area contributed by atoms with Crippen molar-refractivity contribution in [2.75, 3.05) is 13.2 Å². The van der Waals surface area contributed by atoms with Gasteiger partial charge in [-0.15, -0.1) is 9.35 Å². The van der Waals surface area contributed by atoms with Crippen molar-refractivity contribution in [1.82, 2.24) is 10.4 Å². The SMILES string of the molecule is C=C(C)C(=O)OCCNC(=O)C(F)(F)S(=O)(=O)ON1C(=O)c2cccc3cccc(c23)C1=O. The van der Waals surface area contributed by atoms with E-state index in [2.05, 4.69) is 15.6 Å². The molecular weight excluding hydrogens is 466 g/mol. The Balaban J connectivity index is 1.77. The second-order valence-corrected chi connectivity index (χ2v) is 8.40. The van der Waals surface area contributed by atoms with Gasteiger partial charge in [-0.05, 0) is 24.4 Å². The monoisotopic (exact) mass is 482 g/mol. The summed E-state index contributed by atoms with van der Waals surface area (Å²) in [6, 6.07) is 8.63. The van der Waals surface area contributed by atoms with Crippen LogP contribution >= 0.6 is 0 Å². The van der Waals surface area contributed by atoms with Gasteiger partial charge in [-0.1, -0.05) is 30.8 Å². The molecule has 0 saturated carbocycles. The molecule has 0 radical (unpaired) electrons. The normalized spacial score (nSPS) is 13.7. The van der Waals surface area contributed by atoms with Crippen LogP contribution in [-0.2, 0) is 28.7 Å². The number of hydroxylamine groups is 2. The highest BCUT2D eigenvalue weighted by atomic mass is 32.2. The van der Waals surface area contributed by atoms with Gasteiger partial charge in [0.2, 0.25) is 0 Å². The van der Waals surface area contributed by atoms with Crippen LogP contribution < -0.4 is 5.32 Å². The van der Waals surface area contributed by atoms with Crippen molar-refractivity contribution in [1.29, 1.82) is 0 Å². The second-order valence-electron chi connectivity index (χ2n) is 6.83. The van der Waals surface area contributed by atoms with Gasteiger partial charge in [0, 0.05) is 11.0 Å². The highest BCUT2D eigenvalue weighted by Gasteiger charge is 2.56. The highest BCUT2D eigenvalue weighted by Crippen LogP contribution is 2.32. The Morgan fingerprint density at radius 2 is 1.64 bits per heavy atom. The number of hydrogen-bond acceptors (Lipinski definition) is 8. The molecule has 3 rings (SSSR count). The van der Waals surface area contributed by atoms with E-state index in [-0.39, 0.29) is 27.1 Å². The molecular formula is C20H16F2N2O8S. The fourth-order valence-electron chi connectivity index (χ4n) is 2.87. The molecule has 0 spiro atoms. The number of rotatable bonds is 8. The van der Waals surface area contributed by atoms with Crippen LogP contribution in [0.1, 0.15) is 27.6 Å². The molecule has 1 heterocycles. The van der Waals surface area contributed by atoms with Crippen LogP contribution in [0.5, 0.6) is 0 Å². The van der Waals surface area contributed by atoms with Crippen LogP contribution in [0.2, 0.25) is 0 Å². The molecule has 3 amide bonds. The van der Waals surface area contributed by atoms with E-state index in [1.165, 1.54) is 31.2 Å². The minimum Gasteiger partial charge on any atom is -0.460 e. The summed E-state index contributed by atoms with van der Waals surface area (Å²) in [7, 11) is -6.15. The minimum absolute atomic E-state index is 0.0239. The average molecular weight is 482 g/mol. The summed E-state index contributed by atoms with van der Waals surface area (Å²) >= 11 is 0. The first kappa shape index (κ1) is 23.9. The standard InChI is InChI=1S/C20H16F2N2O8S/c1-11(2)18(27)31-10-9-23-19(28)20(21,22)33(29,30)32-24-16(25)13-7-3-5-12-6-4-8-14(15(12)13)17(24)26/h3-8H,1,9-10H2,2H3,(H,23,28). The Hall–Kier alpha value is -3.71. The van der Waals surface area contributed by atoms with E-state index in [4.69, 9.17) is 0 Å². The number of carbonyl (C=O) groups excluding carboxylic acids is 4. The van der Waals surface area contributed by atoms with Gasteiger partial charge in [0.25, 0.3) is 11.8 Å². The van der Waals surface area contributed by atoms with E-state index in [1.807, 2.05) is 0 Å². The summed E-state index contributed by atoms with van der Waals surface area (Å²) < 4.78 is 61.8. The van der Waals surface area contributed by atoms with Crippen molar-refractivity contribution in [3.8, 4) is 0 Å². The molecule has 0 fully saturated rings. The van der Waals surface area contributed by atoms with E-state index in [0.717, 1.165) is 0 Å². The van der Waals surface area contributed by atoms with Gasteiger partial charge in [-0.3, -0.25) is 14.4 Å². The summed E-state index contributed by atoms with van der Waals surface area (Å²) in [5.41, 5.74) is -0.272. The summed E-state index contributed by atoms with van der Waals surface area (Å²) in [6.07, 6.45) is 0. The number of amides is 3. The number of esters is 1. The molecule has 2 aromatic carbocycles. The van der Waals surface area contributed by atoms with Gasteiger partial charge in [-0.25, -0.2) is 4.79 Å². The van der Waals surface area contributed by atoms with Crippen LogP contribution in [0.25, 0.3) is 10.8 Å². The third kappa shape index (κ3) is 4.32. The fraction of sp³-hybridized carbons (Fsp3) is 0.200. The van der Waals surface area contributed by atoms with Gasteiger partial charge in [-0.2, -0.15) is 17.2 Å². The summed E-state index contributed by atoms with van der Waals surface area (Å²) in [5, 5.41) is -3.24. The van der Waals surface area contributed by atoms with Crippen molar-refractivity contribution in [3.05, 3.63) is 59.7 Å². The third-order valence-corrected chi connectivity index (χ3v) is 5.61. The number of alkyl halides is 2. The maximum absolute atomic E-state index is 14.3. The first-order chi connectivity index (χ1) is 15.4. The van der Waals surface area contributed by atoms with Crippen molar-refractivity contribution in [3.63, 3.8) is 0 Å². The lowest BCUT2D eigenvalue weighted by molar-refractivity contribution is -0.141. The first-order valence-electron chi connectivity index (χ1n) is 9.22. The first-order valence-corrected chi connectivity index (χ1v) is 10.6. The lowest BCUT2D eigenvalue weighted by Gasteiger charge is -2.26. The van der Waals surface area contributed by atoms with Crippen LogP contribution in [0, 0.1) is 0 Å². The summed E-state index contributed by atoms with van der Waals surface area (Å²) in [6.45, 7) is 3.44. The number of ether oxygens (including phenoxy) is 1. The summed E-state index contributed by atoms with van der Waals surface area (Å²) in [5.74, 6) is -5.75. The predicted molar refractivity (Wildman–Crippen MR) is 108 cm³/mol. The number of carbonyl (C=O) groups is 4. The van der Waals surface area contributed by atoms with Crippen molar-refractivity contribution < 1.29 is 45.4 Å². The van der Waals surface area contributed by atoms with Crippen LogP contribution in [0.3, 0.4) is 0 Å². The molecule has 0 bridgehead atoms. The number of hydrogen-bond donors (Lipinski definition) is 1. The number of nitrogens with one attached hydrogen (secondary N) is 1. The molecule has 0 saturated heterocycles. The van der Waals surface area contributed by atoms with Crippen LogP contribution in [-0.4, -0.2) is 55.6 Å². The number of nitrogens with zero attached hydrogens (tertiary/aromatic N) is 1. The molecule has 33 heavy (non-hydrogen) atoms. The van der Waals surface area contributed by atoms with Crippen LogP contribution in [0.4, 0.5) is 8.78 Å². The predicted octanol–water partition coefficient (Wildman–Crippen LogP) is 1.53. The Labute approximate surface area is 185 Å².